The third-order valence-electron chi connectivity index (χ3n) is 2.21. The van der Waals surface area contributed by atoms with Crippen molar-refractivity contribution in [2.24, 2.45) is 5.92 Å². The first kappa shape index (κ1) is 11.1. The number of carboxylic acids is 1. The molecule has 0 spiro atoms. The summed E-state index contributed by atoms with van der Waals surface area (Å²) < 4.78 is 0. The maximum absolute atomic E-state index is 10.8. The fourth-order valence-corrected chi connectivity index (χ4v) is 1.57. The number of rotatable bonds is 4. The minimum absolute atomic E-state index is 0.312. The number of hydrogen-bond acceptors (Lipinski definition) is 1. The molecule has 0 aliphatic carbocycles. The highest BCUT2D eigenvalue weighted by Crippen LogP contribution is 2.16. The number of halogens is 1. The quantitative estimate of drug-likeness (QED) is 0.833. The monoisotopic (exact) mass is 212 g/mol. The molecule has 0 fully saturated rings. The fraction of sp³-hybridized carbons (Fsp3) is 0.364. The molecule has 0 bridgehead atoms. The minimum atomic E-state index is -0.743. The third-order valence-corrected chi connectivity index (χ3v) is 2.45. The van der Waals surface area contributed by atoms with Gasteiger partial charge in [0.25, 0.3) is 0 Å². The number of carbonyl (C=O) groups is 1. The number of aliphatic carboxylic acids is 1. The van der Waals surface area contributed by atoms with Crippen LogP contribution in [0.2, 0.25) is 5.02 Å². The second-order valence-electron chi connectivity index (χ2n) is 3.28. The first-order chi connectivity index (χ1) is 6.63. The highest BCUT2D eigenvalue weighted by Gasteiger charge is 2.15. The molecule has 0 saturated carbocycles. The van der Waals surface area contributed by atoms with E-state index in [1.807, 2.05) is 25.1 Å². The Morgan fingerprint density at radius 2 is 2.29 bits per heavy atom. The van der Waals surface area contributed by atoms with Gasteiger partial charge in [-0.15, -0.1) is 0 Å². The zero-order chi connectivity index (χ0) is 10.6. The van der Waals surface area contributed by atoms with Gasteiger partial charge in [0.1, 0.15) is 0 Å². The van der Waals surface area contributed by atoms with E-state index in [0.29, 0.717) is 17.9 Å². The lowest BCUT2D eigenvalue weighted by molar-refractivity contribution is -0.141. The van der Waals surface area contributed by atoms with E-state index in [1.165, 1.54) is 0 Å². The second kappa shape index (κ2) is 5.01. The summed E-state index contributed by atoms with van der Waals surface area (Å²) in [5.74, 6) is -1.05. The Morgan fingerprint density at radius 1 is 1.57 bits per heavy atom. The molecule has 0 saturated heterocycles. The molecule has 1 aromatic carbocycles. The van der Waals surface area contributed by atoms with Crippen molar-refractivity contribution in [3.8, 4) is 0 Å². The van der Waals surface area contributed by atoms with Gasteiger partial charge in [0.05, 0.1) is 5.92 Å². The molecule has 1 N–H and O–H groups in total. The van der Waals surface area contributed by atoms with Gasteiger partial charge >= 0.3 is 5.97 Å². The lowest BCUT2D eigenvalue weighted by atomic mass is 9.97. The van der Waals surface area contributed by atoms with E-state index in [0.717, 1.165) is 5.56 Å². The van der Waals surface area contributed by atoms with E-state index >= 15 is 0 Å². The van der Waals surface area contributed by atoms with E-state index < -0.39 is 5.97 Å². The minimum Gasteiger partial charge on any atom is -0.481 e. The molecule has 14 heavy (non-hydrogen) atoms. The molecule has 0 aliphatic heterocycles. The Labute approximate surface area is 88.5 Å². The van der Waals surface area contributed by atoms with Crippen LogP contribution in [0, 0.1) is 5.92 Å². The van der Waals surface area contributed by atoms with Crippen molar-refractivity contribution < 1.29 is 9.90 Å². The molecular weight excluding hydrogens is 200 g/mol. The van der Waals surface area contributed by atoms with Gasteiger partial charge < -0.3 is 5.11 Å². The van der Waals surface area contributed by atoms with Gasteiger partial charge in [0.2, 0.25) is 0 Å². The Kier molecular flexibility index (Phi) is 3.96. The van der Waals surface area contributed by atoms with Gasteiger partial charge in [0, 0.05) is 5.02 Å². The van der Waals surface area contributed by atoms with Gasteiger partial charge in [-0.25, -0.2) is 0 Å². The second-order valence-corrected chi connectivity index (χ2v) is 3.71. The number of benzene rings is 1. The summed E-state index contributed by atoms with van der Waals surface area (Å²) in [6.07, 6.45) is 1.19. The van der Waals surface area contributed by atoms with Crippen molar-refractivity contribution in [3.63, 3.8) is 0 Å². The van der Waals surface area contributed by atoms with Crippen molar-refractivity contribution in [2.75, 3.05) is 0 Å². The predicted octanol–water partition coefficient (Wildman–Crippen LogP) is 2.99. The van der Waals surface area contributed by atoms with Crippen molar-refractivity contribution in [1.29, 1.82) is 0 Å². The Bertz CT molecular complexity index is 323. The smallest absolute Gasteiger partial charge is 0.306 e. The first-order valence-corrected chi connectivity index (χ1v) is 4.98. The summed E-state index contributed by atoms with van der Waals surface area (Å²) in [6, 6.07) is 7.34. The molecule has 0 aliphatic rings. The van der Waals surface area contributed by atoms with Crippen LogP contribution in [-0.4, -0.2) is 11.1 Å². The Morgan fingerprint density at radius 3 is 2.79 bits per heavy atom. The standard InChI is InChI=1S/C11H13ClO2/c1-2-9(11(13)14)6-8-4-3-5-10(12)7-8/h3-5,7,9H,2,6H2,1H3,(H,13,14). The summed E-state index contributed by atoms with van der Waals surface area (Å²) in [5.41, 5.74) is 0.978. The van der Waals surface area contributed by atoms with Crippen LogP contribution in [-0.2, 0) is 11.2 Å². The van der Waals surface area contributed by atoms with E-state index in [-0.39, 0.29) is 5.92 Å². The normalized spacial score (nSPS) is 12.4. The highest BCUT2D eigenvalue weighted by molar-refractivity contribution is 6.30. The van der Waals surface area contributed by atoms with Crippen molar-refractivity contribution in [3.05, 3.63) is 34.9 Å². The van der Waals surface area contributed by atoms with Crippen LogP contribution >= 0.6 is 11.6 Å². The first-order valence-electron chi connectivity index (χ1n) is 4.60. The predicted molar refractivity (Wildman–Crippen MR) is 56.6 cm³/mol. The van der Waals surface area contributed by atoms with Gasteiger partial charge in [0.15, 0.2) is 0 Å². The summed E-state index contributed by atoms with van der Waals surface area (Å²) in [6.45, 7) is 1.88. The summed E-state index contributed by atoms with van der Waals surface area (Å²) in [7, 11) is 0. The SMILES string of the molecule is CCC(Cc1cccc(Cl)c1)C(=O)O. The fourth-order valence-electron chi connectivity index (χ4n) is 1.35. The topological polar surface area (TPSA) is 37.3 Å². The van der Waals surface area contributed by atoms with E-state index in [9.17, 15) is 4.79 Å². The number of hydrogen-bond donors (Lipinski definition) is 1. The average molecular weight is 213 g/mol. The number of carboxylic acid groups (broad SMARTS) is 1. The van der Waals surface area contributed by atoms with Crippen LogP contribution < -0.4 is 0 Å². The summed E-state index contributed by atoms with van der Waals surface area (Å²) >= 11 is 5.80. The third kappa shape index (κ3) is 3.04. The van der Waals surface area contributed by atoms with Gasteiger partial charge in [-0.2, -0.15) is 0 Å². The van der Waals surface area contributed by atoms with Crippen molar-refractivity contribution in [2.45, 2.75) is 19.8 Å². The van der Waals surface area contributed by atoms with Crippen molar-refractivity contribution in [1.82, 2.24) is 0 Å². The van der Waals surface area contributed by atoms with Crippen LogP contribution in [0.1, 0.15) is 18.9 Å². The molecule has 1 rings (SSSR count). The van der Waals surface area contributed by atoms with Crippen LogP contribution in [0.25, 0.3) is 0 Å². The van der Waals surface area contributed by atoms with E-state index in [1.54, 1.807) is 6.07 Å². The van der Waals surface area contributed by atoms with E-state index in [4.69, 9.17) is 16.7 Å². The molecule has 0 radical (unpaired) electrons. The lowest BCUT2D eigenvalue weighted by Gasteiger charge is -2.09. The maximum Gasteiger partial charge on any atom is 0.306 e. The summed E-state index contributed by atoms with van der Waals surface area (Å²) in [5, 5.41) is 9.53. The maximum atomic E-state index is 10.8. The molecule has 76 valence electrons. The molecule has 1 unspecified atom stereocenters. The zero-order valence-electron chi connectivity index (χ0n) is 8.03. The van der Waals surface area contributed by atoms with Gasteiger partial charge in [-0.05, 0) is 30.5 Å². The van der Waals surface area contributed by atoms with Crippen LogP contribution in [0.5, 0.6) is 0 Å². The highest BCUT2D eigenvalue weighted by atomic mass is 35.5. The van der Waals surface area contributed by atoms with Gasteiger partial charge in [-0.3, -0.25) is 4.79 Å². The molecule has 2 nitrogen and oxygen atoms in total. The van der Waals surface area contributed by atoms with Crippen LogP contribution in [0.4, 0.5) is 0 Å². The molecule has 1 atom stereocenters. The van der Waals surface area contributed by atoms with Crippen LogP contribution in [0.3, 0.4) is 0 Å². The van der Waals surface area contributed by atoms with Crippen molar-refractivity contribution >= 4 is 17.6 Å². The average Bonchev–Trinajstić information content (AvgIpc) is 2.14. The Balaban J connectivity index is 2.72. The molecular formula is C11H13ClO2. The molecule has 3 heteroatoms. The Hall–Kier alpha value is -1.02. The lowest BCUT2D eigenvalue weighted by Crippen LogP contribution is -2.15. The van der Waals surface area contributed by atoms with Gasteiger partial charge in [-0.1, -0.05) is 30.7 Å². The molecule has 0 aromatic heterocycles. The largest absolute Gasteiger partial charge is 0.481 e. The zero-order valence-corrected chi connectivity index (χ0v) is 8.79. The molecule has 0 amide bonds. The summed E-state index contributed by atoms with van der Waals surface area (Å²) in [4.78, 5) is 10.8. The molecule has 0 heterocycles. The molecule has 1 aromatic rings. The van der Waals surface area contributed by atoms with E-state index in [2.05, 4.69) is 0 Å². The van der Waals surface area contributed by atoms with Crippen LogP contribution in [0.15, 0.2) is 24.3 Å².